The van der Waals surface area contributed by atoms with E-state index in [9.17, 15) is 14.4 Å². The van der Waals surface area contributed by atoms with Gasteiger partial charge in [0, 0.05) is 10.6 Å². The maximum Gasteiger partial charge on any atom is 0.337 e. The number of benzene rings is 2. The summed E-state index contributed by atoms with van der Waals surface area (Å²) in [6, 6.07) is 10.8. The van der Waals surface area contributed by atoms with Crippen molar-refractivity contribution in [3.8, 4) is 0 Å². The molecule has 0 fully saturated rings. The molecule has 1 N–H and O–H groups in total. The van der Waals surface area contributed by atoms with Gasteiger partial charge in [-0.1, -0.05) is 12.1 Å². The number of thioether (sulfide) groups is 1. The molecule has 0 saturated carbocycles. The summed E-state index contributed by atoms with van der Waals surface area (Å²) in [4.78, 5) is 36.5. The van der Waals surface area contributed by atoms with Crippen molar-refractivity contribution in [1.29, 1.82) is 0 Å². The van der Waals surface area contributed by atoms with Crippen LogP contribution in [0.5, 0.6) is 0 Å². The number of nitrogens with one attached hydrogen (secondary N) is 1. The SMILES string of the molecule is COC(=O)c1ccc(C)c(NC(=O)COC(=O)CSc2ccc(C)c(C)c2)c1. The zero-order chi connectivity index (χ0) is 20.7. The van der Waals surface area contributed by atoms with Crippen LogP contribution in [-0.2, 0) is 19.1 Å². The highest BCUT2D eigenvalue weighted by Crippen LogP contribution is 2.21. The van der Waals surface area contributed by atoms with Crippen LogP contribution in [0.4, 0.5) is 5.69 Å². The van der Waals surface area contributed by atoms with E-state index in [2.05, 4.69) is 10.1 Å². The number of hydrogen-bond donors (Lipinski definition) is 1. The molecule has 0 heterocycles. The lowest BCUT2D eigenvalue weighted by Crippen LogP contribution is -2.22. The molecule has 6 nitrogen and oxygen atoms in total. The van der Waals surface area contributed by atoms with E-state index in [-0.39, 0.29) is 5.75 Å². The van der Waals surface area contributed by atoms with E-state index >= 15 is 0 Å². The molecule has 2 aromatic carbocycles. The fraction of sp³-hybridized carbons (Fsp3) is 0.286. The van der Waals surface area contributed by atoms with E-state index in [1.807, 2.05) is 32.0 Å². The van der Waals surface area contributed by atoms with Crippen molar-refractivity contribution in [2.75, 3.05) is 24.8 Å². The number of methoxy groups -OCH3 is 1. The van der Waals surface area contributed by atoms with E-state index < -0.39 is 24.5 Å². The van der Waals surface area contributed by atoms with Crippen molar-refractivity contribution < 1.29 is 23.9 Å². The summed E-state index contributed by atoms with van der Waals surface area (Å²) in [5.41, 5.74) is 3.91. The van der Waals surface area contributed by atoms with Crippen LogP contribution in [0.3, 0.4) is 0 Å². The number of aryl methyl sites for hydroxylation is 3. The van der Waals surface area contributed by atoms with Crippen molar-refractivity contribution >= 4 is 35.3 Å². The maximum absolute atomic E-state index is 12.1. The third-order valence-electron chi connectivity index (χ3n) is 4.13. The van der Waals surface area contributed by atoms with Crippen LogP contribution in [0.15, 0.2) is 41.3 Å². The Labute approximate surface area is 168 Å². The summed E-state index contributed by atoms with van der Waals surface area (Å²) >= 11 is 1.36. The molecule has 2 rings (SSSR count). The molecule has 0 aliphatic carbocycles. The zero-order valence-corrected chi connectivity index (χ0v) is 17.1. The van der Waals surface area contributed by atoms with Gasteiger partial charge in [-0.3, -0.25) is 9.59 Å². The first kappa shape index (κ1) is 21.5. The van der Waals surface area contributed by atoms with Crippen LogP contribution in [0.1, 0.15) is 27.0 Å². The first-order valence-corrected chi connectivity index (χ1v) is 9.63. The average molecular weight is 401 g/mol. The van der Waals surface area contributed by atoms with Crippen molar-refractivity contribution in [2.24, 2.45) is 0 Å². The molecule has 1 amide bonds. The minimum atomic E-state index is -0.495. The smallest absolute Gasteiger partial charge is 0.337 e. The lowest BCUT2D eigenvalue weighted by Gasteiger charge is -2.10. The molecule has 0 unspecified atom stereocenters. The molecule has 0 aliphatic heterocycles. The molecule has 0 radical (unpaired) electrons. The lowest BCUT2D eigenvalue weighted by molar-refractivity contribution is -0.144. The molecule has 0 saturated heterocycles. The highest BCUT2D eigenvalue weighted by atomic mass is 32.2. The Morgan fingerprint density at radius 2 is 1.68 bits per heavy atom. The van der Waals surface area contributed by atoms with Crippen molar-refractivity contribution in [1.82, 2.24) is 0 Å². The van der Waals surface area contributed by atoms with Gasteiger partial charge < -0.3 is 14.8 Å². The summed E-state index contributed by atoms with van der Waals surface area (Å²) in [6.45, 7) is 5.44. The van der Waals surface area contributed by atoms with Crippen molar-refractivity contribution in [3.05, 3.63) is 58.7 Å². The number of ether oxygens (including phenoxy) is 2. The predicted molar refractivity (Wildman–Crippen MR) is 109 cm³/mol. The first-order valence-electron chi connectivity index (χ1n) is 8.64. The monoisotopic (exact) mass is 401 g/mol. The molecule has 28 heavy (non-hydrogen) atoms. The van der Waals surface area contributed by atoms with Crippen LogP contribution in [0.2, 0.25) is 0 Å². The Bertz CT molecular complexity index is 894. The fourth-order valence-electron chi connectivity index (χ4n) is 2.32. The number of hydrogen-bond acceptors (Lipinski definition) is 6. The minimum Gasteiger partial charge on any atom is -0.465 e. The predicted octanol–water partition coefficient (Wildman–Crippen LogP) is 3.67. The van der Waals surface area contributed by atoms with Gasteiger partial charge in [0.05, 0.1) is 18.4 Å². The number of amides is 1. The third-order valence-corrected chi connectivity index (χ3v) is 5.10. The average Bonchev–Trinajstić information content (AvgIpc) is 2.68. The zero-order valence-electron chi connectivity index (χ0n) is 16.3. The minimum absolute atomic E-state index is 0.118. The Hall–Kier alpha value is -2.80. The molecular formula is C21H23NO5S. The highest BCUT2D eigenvalue weighted by Gasteiger charge is 2.12. The molecular weight excluding hydrogens is 378 g/mol. The second kappa shape index (κ2) is 9.94. The van der Waals surface area contributed by atoms with Gasteiger partial charge in [0.25, 0.3) is 5.91 Å². The number of carbonyl (C=O) groups excluding carboxylic acids is 3. The van der Waals surface area contributed by atoms with Gasteiger partial charge in [-0.25, -0.2) is 4.79 Å². The number of carbonyl (C=O) groups is 3. The molecule has 7 heteroatoms. The maximum atomic E-state index is 12.1. The number of rotatable bonds is 7. The van der Waals surface area contributed by atoms with Crippen molar-refractivity contribution in [2.45, 2.75) is 25.7 Å². The van der Waals surface area contributed by atoms with Gasteiger partial charge in [0.15, 0.2) is 6.61 Å². The molecule has 148 valence electrons. The summed E-state index contributed by atoms with van der Waals surface area (Å²) in [5.74, 6) is -1.33. The van der Waals surface area contributed by atoms with Gasteiger partial charge in [0.1, 0.15) is 0 Å². The summed E-state index contributed by atoms with van der Waals surface area (Å²) in [5, 5.41) is 2.64. The molecule has 0 spiro atoms. The van der Waals surface area contributed by atoms with Gasteiger partial charge in [-0.05, 0) is 61.7 Å². The fourth-order valence-corrected chi connectivity index (χ4v) is 3.11. The van der Waals surface area contributed by atoms with Crippen LogP contribution in [0, 0.1) is 20.8 Å². The molecule has 0 aromatic heterocycles. The van der Waals surface area contributed by atoms with Crippen LogP contribution in [0.25, 0.3) is 0 Å². The first-order chi connectivity index (χ1) is 13.3. The van der Waals surface area contributed by atoms with Crippen LogP contribution in [-0.4, -0.2) is 37.3 Å². The Kier molecular flexibility index (Phi) is 7.63. The molecule has 0 bridgehead atoms. The summed E-state index contributed by atoms with van der Waals surface area (Å²) in [7, 11) is 1.29. The molecule has 0 atom stereocenters. The lowest BCUT2D eigenvalue weighted by atomic mass is 10.1. The largest absolute Gasteiger partial charge is 0.465 e. The normalized spacial score (nSPS) is 10.3. The Morgan fingerprint density at radius 1 is 0.964 bits per heavy atom. The topological polar surface area (TPSA) is 81.7 Å². The molecule has 2 aromatic rings. The Balaban J connectivity index is 1.84. The highest BCUT2D eigenvalue weighted by molar-refractivity contribution is 8.00. The summed E-state index contributed by atoms with van der Waals surface area (Å²) in [6.07, 6.45) is 0. The quantitative estimate of drug-likeness (QED) is 0.563. The second-order valence-corrected chi connectivity index (χ2v) is 7.31. The second-order valence-electron chi connectivity index (χ2n) is 6.26. The number of anilines is 1. The Morgan fingerprint density at radius 3 is 2.36 bits per heavy atom. The van der Waals surface area contributed by atoms with E-state index in [1.165, 1.54) is 30.5 Å². The molecule has 0 aliphatic rings. The number of esters is 2. The van der Waals surface area contributed by atoms with Gasteiger partial charge >= 0.3 is 11.9 Å². The third kappa shape index (κ3) is 6.13. The van der Waals surface area contributed by atoms with Gasteiger partial charge in [-0.2, -0.15) is 0 Å². The van der Waals surface area contributed by atoms with Crippen LogP contribution < -0.4 is 5.32 Å². The standard InChI is InChI=1S/C21H23NO5S/c1-13-6-8-17(9-15(13)3)28-12-20(24)27-11-19(23)22-18-10-16(21(25)26-4)7-5-14(18)2/h5-10H,11-12H2,1-4H3,(H,22,23). The van der Waals surface area contributed by atoms with E-state index in [1.54, 1.807) is 19.1 Å². The van der Waals surface area contributed by atoms with E-state index in [4.69, 9.17) is 4.74 Å². The van der Waals surface area contributed by atoms with Gasteiger partial charge in [0.2, 0.25) is 0 Å². The van der Waals surface area contributed by atoms with Crippen LogP contribution >= 0.6 is 11.8 Å². The van der Waals surface area contributed by atoms with Gasteiger partial charge in [-0.15, -0.1) is 11.8 Å². The summed E-state index contributed by atoms with van der Waals surface area (Å²) < 4.78 is 9.70. The van der Waals surface area contributed by atoms with E-state index in [0.29, 0.717) is 11.3 Å². The van der Waals surface area contributed by atoms with Crippen molar-refractivity contribution in [3.63, 3.8) is 0 Å². The van der Waals surface area contributed by atoms with E-state index in [0.717, 1.165) is 16.0 Å².